The summed E-state index contributed by atoms with van der Waals surface area (Å²) in [5.41, 5.74) is 1.03. The molecule has 3 aromatic heterocycles. The quantitative estimate of drug-likeness (QED) is 0.259. The van der Waals surface area contributed by atoms with Crippen LogP contribution in [0.2, 0.25) is 0 Å². The van der Waals surface area contributed by atoms with E-state index in [4.69, 9.17) is 4.42 Å². The molecule has 0 spiro atoms. The first-order valence-corrected chi connectivity index (χ1v) is 11.0. The van der Waals surface area contributed by atoms with Crippen LogP contribution >= 0.6 is 46.7 Å². The van der Waals surface area contributed by atoms with Gasteiger partial charge in [0.25, 0.3) is 0 Å². The Hall–Kier alpha value is -1.46. The van der Waals surface area contributed by atoms with Gasteiger partial charge in [-0.25, -0.2) is 9.97 Å². The minimum absolute atomic E-state index is 0. The van der Waals surface area contributed by atoms with Crippen LogP contribution in [-0.4, -0.2) is 29.5 Å². The molecule has 3 aromatic rings. The maximum atomic E-state index is 5.80. The summed E-state index contributed by atoms with van der Waals surface area (Å²) in [6.45, 7) is 9.66. The number of rotatable bonds is 6. The number of aromatic nitrogens is 2. The van der Waals surface area contributed by atoms with Crippen molar-refractivity contribution >= 4 is 52.6 Å². The third-order valence-electron chi connectivity index (χ3n) is 4.12. The number of hydrogen-bond acceptors (Lipinski definition) is 6. The molecule has 6 nitrogen and oxygen atoms in total. The van der Waals surface area contributed by atoms with Crippen molar-refractivity contribution in [3.63, 3.8) is 0 Å². The van der Waals surface area contributed by atoms with E-state index in [2.05, 4.69) is 63.9 Å². The molecule has 3 heterocycles. The highest BCUT2D eigenvalue weighted by Gasteiger charge is 2.19. The zero-order valence-corrected chi connectivity index (χ0v) is 21.4. The predicted octanol–water partition coefficient (Wildman–Crippen LogP) is 4.99. The van der Waals surface area contributed by atoms with E-state index in [1.807, 2.05) is 6.92 Å². The van der Waals surface area contributed by atoms with Crippen molar-refractivity contribution in [2.75, 3.05) is 13.6 Å². The Kier molecular flexibility index (Phi) is 8.65. The van der Waals surface area contributed by atoms with Gasteiger partial charge in [0.2, 0.25) is 5.89 Å². The summed E-state index contributed by atoms with van der Waals surface area (Å²) in [7, 11) is 1.76. The number of nitrogens with one attached hydrogen (secondary N) is 2. The van der Waals surface area contributed by atoms with Crippen molar-refractivity contribution in [3.8, 4) is 10.6 Å². The third-order valence-corrected chi connectivity index (χ3v) is 6.06. The molecule has 9 heteroatoms. The number of guanidine groups is 1. The van der Waals surface area contributed by atoms with Crippen LogP contribution in [0.4, 0.5) is 0 Å². The zero-order valence-electron chi connectivity index (χ0n) is 17.4. The van der Waals surface area contributed by atoms with Crippen molar-refractivity contribution in [1.29, 1.82) is 0 Å². The number of aliphatic imine (C=N–C) groups is 1. The van der Waals surface area contributed by atoms with Gasteiger partial charge in [0, 0.05) is 29.3 Å². The first kappa shape index (κ1) is 23.8. The first-order valence-electron chi connectivity index (χ1n) is 9.26. The van der Waals surface area contributed by atoms with Crippen molar-refractivity contribution in [2.45, 2.75) is 46.1 Å². The Labute approximate surface area is 197 Å². The van der Waals surface area contributed by atoms with Gasteiger partial charge in [-0.1, -0.05) is 20.8 Å². The molecule has 0 aliphatic heterocycles. The van der Waals surface area contributed by atoms with Crippen LogP contribution in [-0.2, 0) is 18.4 Å². The van der Waals surface area contributed by atoms with Crippen LogP contribution in [0.15, 0.2) is 33.1 Å². The van der Waals surface area contributed by atoms with Crippen molar-refractivity contribution < 1.29 is 4.42 Å². The van der Waals surface area contributed by atoms with Crippen molar-refractivity contribution in [3.05, 3.63) is 45.2 Å². The third kappa shape index (κ3) is 6.78. The molecule has 0 aromatic carbocycles. The zero-order chi connectivity index (χ0) is 20.1. The lowest BCUT2D eigenvalue weighted by molar-refractivity contribution is 0.379. The molecule has 0 unspecified atom stereocenters. The summed E-state index contributed by atoms with van der Waals surface area (Å²) in [6.07, 6.45) is 2.73. The number of aryl methyl sites for hydroxylation is 1. The number of nitrogens with zero attached hydrogens (tertiary/aromatic N) is 3. The van der Waals surface area contributed by atoms with E-state index < -0.39 is 0 Å². The molecule has 3 rings (SSSR count). The lowest BCUT2D eigenvalue weighted by Gasteiger charge is -2.13. The normalized spacial score (nSPS) is 12.0. The molecule has 0 fully saturated rings. The van der Waals surface area contributed by atoms with Gasteiger partial charge in [-0.3, -0.25) is 4.99 Å². The SMILES string of the molecule is CN=C(NCCc1ccc(-c2csc(C)n2)s1)NCc1ncc(C(C)(C)C)o1.I. The molecule has 0 atom stereocenters. The molecule has 158 valence electrons. The van der Waals surface area contributed by atoms with E-state index in [1.165, 1.54) is 9.75 Å². The highest BCUT2D eigenvalue weighted by molar-refractivity contribution is 14.0. The molecule has 2 N–H and O–H groups in total. The standard InChI is InChI=1S/C20H27N5OS2.HI/c1-13-25-15(12-27-13)16-7-6-14(28-16)8-9-22-19(21-5)24-11-18-23-10-17(26-18)20(2,3)4;/h6-7,10,12H,8-9,11H2,1-5H3,(H2,21,22,24);1H. The van der Waals surface area contributed by atoms with Crippen molar-refractivity contribution in [2.24, 2.45) is 4.99 Å². The predicted molar refractivity (Wildman–Crippen MR) is 133 cm³/mol. The molecule has 29 heavy (non-hydrogen) atoms. The van der Waals surface area contributed by atoms with Crippen LogP contribution in [0.3, 0.4) is 0 Å². The van der Waals surface area contributed by atoms with Gasteiger partial charge in [-0.2, -0.15) is 0 Å². The summed E-state index contributed by atoms with van der Waals surface area (Å²) in [4.78, 5) is 15.7. The van der Waals surface area contributed by atoms with E-state index in [-0.39, 0.29) is 29.4 Å². The van der Waals surface area contributed by atoms with Gasteiger partial charge in [-0.15, -0.1) is 46.7 Å². The Bertz CT molecular complexity index is 939. The smallest absolute Gasteiger partial charge is 0.213 e. The Morgan fingerprint density at radius 2 is 2.03 bits per heavy atom. The Morgan fingerprint density at radius 3 is 2.66 bits per heavy atom. The van der Waals surface area contributed by atoms with Crippen LogP contribution < -0.4 is 10.6 Å². The maximum Gasteiger partial charge on any atom is 0.213 e. The molecular weight excluding hydrogens is 517 g/mol. The fourth-order valence-electron chi connectivity index (χ4n) is 2.55. The second kappa shape index (κ2) is 10.5. The van der Waals surface area contributed by atoms with E-state index in [1.54, 1.807) is 35.9 Å². The lowest BCUT2D eigenvalue weighted by Crippen LogP contribution is -2.37. The molecular formula is C20H28IN5OS2. The van der Waals surface area contributed by atoms with Crippen LogP contribution in [0, 0.1) is 6.92 Å². The topological polar surface area (TPSA) is 75.3 Å². The first-order chi connectivity index (χ1) is 13.3. The molecule has 0 radical (unpaired) electrons. The number of oxazole rings is 1. The monoisotopic (exact) mass is 545 g/mol. The number of thiazole rings is 1. The Balaban J connectivity index is 0.00000300. The second-order valence-electron chi connectivity index (χ2n) is 7.49. The summed E-state index contributed by atoms with van der Waals surface area (Å²) < 4.78 is 5.80. The summed E-state index contributed by atoms with van der Waals surface area (Å²) in [5.74, 6) is 2.28. The summed E-state index contributed by atoms with van der Waals surface area (Å²) in [6, 6.07) is 4.32. The molecule has 0 saturated carbocycles. The summed E-state index contributed by atoms with van der Waals surface area (Å²) >= 11 is 3.48. The van der Waals surface area contributed by atoms with Gasteiger partial charge in [0.15, 0.2) is 5.96 Å². The largest absolute Gasteiger partial charge is 0.443 e. The summed E-state index contributed by atoms with van der Waals surface area (Å²) in [5, 5.41) is 9.80. The van der Waals surface area contributed by atoms with Gasteiger partial charge >= 0.3 is 0 Å². The van der Waals surface area contributed by atoms with E-state index in [0.717, 1.165) is 35.4 Å². The number of hydrogen-bond donors (Lipinski definition) is 2. The van der Waals surface area contributed by atoms with Gasteiger partial charge in [0.05, 0.1) is 28.3 Å². The second-order valence-corrected chi connectivity index (χ2v) is 9.72. The van der Waals surface area contributed by atoms with E-state index in [9.17, 15) is 0 Å². The number of halogens is 1. The van der Waals surface area contributed by atoms with E-state index >= 15 is 0 Å². The Morgan fingerprint density at radius 1 is 1.24 bits per heavy atom. The highest BCUT2D eigenvalue weighted by Crippen LogP contribution is 2.29. The van der Waals surface area contributed by atoms with Crippen molar-refractivity contribution in [1.82, 2.24) is 20.6 Å². The minimum Gasteiger partial charge on any atom is -0.443 e. The number of thiophene rings is 1. The molecule has 0 aliphatic carbocycles. The fourth-order valence-corrected chi connectivity index (χ4v) is 4.20. The van der Waals surface area contributed by atoms with Gasteiger partial charge < -0.3 is 15.1 Å². The molecule has 0 amide bonds. The molecule has 0 aliphatic rings. The van der Waals surface area contributed by atoms with Gasteiger partial charge in [0.1, 0.15) is 5.76 Å². The lowest BCUT2D eigenvalue weighted by atomic mass is 9.94. The van der Waals surface area contributed by atoms with Crippen LogP contribution in [0.5, 0.6) is 0 Å². The maximum absolute atomic E-state index is 5.80. The molecule has 0 saturated heterocycles. The highest BCUT2D eigenvalue weighted by atomic mass is 127. The van der Waals surface area contributed by atoms with E-state index in [0.29, 0.717) is 12.4 Å². The minimum atomic E-state index is -0.0397. The van der Waals surface area contributed by atoms with Crippen LogP contribution in [0.25, 0.3) is 10.6 Å². The van der Waals surface area contributed by atoms with Crippen LogP contribution in [0.1, 0.15) is 42.3 Å². The van der Waals surface area contributed by atoms with Gasteiger partial charge in [-0.05, 0) is 25.5 Å². The molecule has 0 bridgehead atoms. The fraction of sp³-hybridized carbons (Fsp3) is 0.450. The average molecular weight is 546 g/mol. The average Bonchev–Trinajstić information content (AvgIpc) is 3.37.